The van der Waals surface area contributed by atoms with Crippen LogP contribution in [0, 0.1) is 11.3 Å². The fraction of sp³-hybridized carbons (Fsp3) is 0.588. The summed E-state index contributed by atoms with van der Waals surface area (Å²) in [6.45, 7) is 4.98. The lowest BCUT2D eigenvalue weighted by molar-refractivity contribution is -0.149. The quantitative estimate of drug-likeness (QED) is 0.905. The molecule has 2 fully saturated rings. The maximum Gasteiger partial charge on any atom is 0.311 e. The first-order chi connectivity index (χ1) is 10.2. The van der Waals surface area contributed by atoms with Crippen molar-refractivity contribution in [2.45, 2.75) is 32.7 Å². The number of fused-ring (bicyclic) bond motifs is 1. The Morgan fingerprint density at radius 3 is 3.00 bits per heavy atom. The third-order valence-electron chi connectivity index (χ3n) is 5.03. The van der Waals surface area contributed by atoms with Gasteiger partial charge in [0.05, 0.1) is 12.0 Å². The number of hydrogen-bond acceptors (Lipinski definition) is 3. The lowest BCUT2D eigenvalue weighted by atomic mass is 9.81. The summed E-state index contributed by atoms with van der Waals surface area (Å²) in [6, 6.07) is 8.06. The molecule has 0 aromatic heterocycles. The predicted octanol–water partition coefficient (Wildman–Crippen LogP) is 2.77. The van der Waals surface area contributed by atoms with E-state index < -0.39 is 11.4 Å². The van der Waals surface area contributed by atoms with Gasteiger partial charge in [0.1, 0.15) is 5.75 Å². The number of para-hydroxylation sites is 1. The molecule has 3 rings (SSSR count). The van der Waals surface area contributed by atoms with Gasteiger partial charge in [-0.15, -0.1) is 0 Å². The number of carbonyl (C=O) groups is 1. The summed E-state index contributed by atoms with van der Waals surface area (Å²) in [7, 11) is 0. The van der Waals surface area contributed by atoms with Gasteiger partial charge in [0, 0.05) is 25.2 Å². The molecule has 1 saturated carbocycles. The Balaban J connectivity index is 1.74. The second-order valence-corrected chi connectivity index (χ2v) is 6.26. The topological polar surface area (TPSA) is 49.8 Å². The molecule has 1 saturated heterocycles. The van der Waals surface area contributed by atoms with E-state index in [-0.39, 0.29) is 0 Å². The van der Waals surface area contributed by atoms with E-state index in [2.05, 4.69) is 11.0 Å². The number of carboxylic acid groups (broad SMARTS) is 1. The molecule has 1 aromatic rings. The molecule has 0 spiro atoms. The summed E-state index contributed by atoms with van der Waals surface area (Å²) in [5, 5.41) is 9.65. The van der Waals surface area contributed by atoms with Crippen molar-refractivity contribution >= 4 is 5.97 Å². The van der Waals surface area contributed by atoms with Crippen LogP contribution in [0.25, 0.3) is 0 Å². The Morgan fingerprint density at radius 2 is 2.29 bits per heavy atom. The van der Waals surface area contributed by atoms with Crippen molar-refractivity contribution in [3.8, 4) is 5.75 Å². The third kappa shape index (κ3) is 2.53. The number of benzene rings is 1. The molecule has 21 heavy (non-hydrogen) atoms. The van der Waals surface area contributed by atoms with E-state index in [1.54, 1.807) is 0 Å². The highest BCUT2D eigenvalue weighted by Crippen LogP contribution is 2.49. The lowest BCUT2D eigenvalue weighted by Crippen LogP contribution is -2.35. The number of carboxylic acids is 1. The molecular weight excluding hydrogens is 266 g/mol. The number of rotatable bonds is 5. The zero-order valence-corrected chi connectivity index (χ0v) is 12.5. The molecule has 114 valence electrons. The minimum atomic E-state index is -0.606. The number of nitrogens with zero attached hydrogens (tertiary/aromatic N) is 1. The van der Waals surface area contributed by atoms with Crippen LogP contribution in [0.3, 0.4) is 0 Å². The van der Waals surface area contributed by atoms with E-state index >= 15 is 0 Å². The zero-order chi connectivity index (χ0) is 14.9. The Hall–Kier alpha value is -1.55. The minimum absolute atomic E-state index is 0.314. The van der Waals surface area contributed by atoms with Crippen LogP contribution in [0.2, 0.25) is 0 Å². The normalized spacial score (nSPS) is 28.5. The number of hydrogen-bond donors (Lipinski definition) is 1. The van der Waals surface area contributed by atoms with Crippen LogP contribution in [0.1, 0.15) is 31.7 Å². The Labute approximate surface area is 125 Å². The van der Waals surface area contributed by atoms with Gasteiger partial charge in [0.2, 0.25) is 0 Å². The smallest absolute Gasteiger partial charge is 0.311 e. The third-order valence-corrected chi connectivity index (χ3v) is 5.03. The summed E-state index contributed by atoms with van der Waals surface area (Å²) < 4.78 is 5.67. The van der Waals surface area contributed by atoms with Gasteiger partial charge in [-0.05, 0) is 31.7 Å². The molecule has 1 N–H and O–H groups in total. The van der Waals surface area contributed by atoms with Gasteiger partial charge in [0.15, 0.2) is 0 Å². The molecule has 1 aromatic carbocycles. The Kier molecular flexibility index (Phi) is 3.89. The van der Waals surface area contributed by atoms with Gasteiger partial charge in [-0.2, -0.15) is 0 Å². The predicted molar refractivity (Wildman–Crippen MR) is 80.3 cm³/mol. The molecule has 2 aliphatic rings. The van der Waals surface area contributed by atoms with Gasteiger partial charge < -0.3 is 9.84 Å². The van der Waals surface area contributed by atoms with Crippen LogP contribution in [-0.4, -0.2) is 35.7 Å². The minimum Gasteiger partial charge on any atom is -0.494 e. The van der Waals surface area contributed by atoms with Gasteiger partial charge in [-0.25, -0.2) is 0 Å². The first kappa shape index (κ1) is 14.4. The maximum absolute atomic E-state index is 11.7. The molecule has 4 heteroatoms. The molecule has 1 aliphatic carbocycles. The molecule has 0 amide bonds. The van der Waals surface area contributed by atoms with Crippen LogP contribution < -0.4 is 4.74 Å². The summed E-state index contributed by atoms with van der Waals surface area (Å²) in [4.78, 5) is 14.0. The van der Waals surface area contributed by atoms with E-state index in [9.17, 15) is 9.90 Å². The van der Waals surface area contributed by atoms with Crippen LogP contribution in [0.4, 0.5) is 0 Å². The number of ether oxygens (including phenoxy) is 1. The first-order valence-corrected chi connectivity index (χ1v) is 7.82. The molecule has 0 bridgehead atoms. The highest BCUT2D eigenvalue weighted by atomic mass is 16.5. The van der Waals surface area contributed by atoms with E-state index in [1.165, 1.54) is 0 Å². The fourth-order valence-electron chi connectivity index (χ4n) is 4.04. The summed E-state index contributed by atoms with van der Waals surface area (Å²) >= 11 is 0. The zero-order valence-electron chi connectivity index (χ0n) is 12.5. The standard InChI is InChI=1S/C17H23NO3/c1-2-21-15-8-4-3-6-13(15)10-18-11-14-7-5-9-17(14,12-18)16(19)20/h3-4,6,8,14H,2,5,7,9-12H2,1H3,(H,19,20)/t14-,17+/m0/s1. The molecule has 1 aliphatic heterocycles. The molecule has 1 heterocycles. The highest BCUT2D eigenvalue weighted by Gasteiger charge is 2.54. The number of likely N-dealkylation sites (tertiary alicyclic amines) is 1. The van der Waals surface area contributed by atoms with Crippen molar-refractivity contribution in [3.05, 3.63) is 29.8 Å². The van der Waals surface area contributed by atoms with Gasteiger partial charge in [-0.3, -0.25) is 9.69 Å². The lowest BCUT2D eigenvalue weighted by Gasteiger charge is -2.23. The summed E-state index contributed by atoms with van der Waals surface area (Å²) in [6.07, 6.45) is 2.94. The van der Waals surface area contributed by atoms with Crippen LogP contribution in [0.15, 0.2) is 24.3 Å². The van der Waals surface area contributed by atoms with Crippen molar-refractivity contribution in [2.24, 2.45) is 11.3 Å². The van der Waals surface area contributed by atoms with Gasteiger partial charge >= 0.3 is 5.97 Å². The molecule has 4 nitrogen and oxygen atoms in total. The Bertz CT molecular complexity index is 531. The van der Waals surface area contributed by atoms with Gasteiger partial charge in [-0.1, -0.05) is 24.6 Å². The second kappa shape index (κ2) is 5.68. The van der Waals surface area contributed by atoms with Crippen LogP contribution in [0.5, 0.6) is 5.75 Å². The van der Waals surface area contributed by atoms with E-state index in [0.717, 1.165) is 43.7 Å². The van der Waals surface area contributed by atoms with Crippen LogP contribution >= 0.6 is 0 Å². The molecular formula is C17H23NO3. The SMILES string of the molecule is CCOc1ccccc1CN1C[C@@H]2CCC[C@@]2(C(=O)O)C1. The van der Waals surface area contributed by atoms with Crippen molar-refractivity contribution < 1.29 is 14.6 Å². The molecule has 0 radical (unpaired) electrons. The van der Waals surface area contributed by atoms with Crippen molar-refractivity contribution in [3.63, 3.8) is 0 Å². The Morgan fingerprint density at radius 1 is 1.48 bits per heavy atom. The second-order valence-electron chi connectivity index (χ2n) is 6.26. The molecule has 0 unspecified atom stereocenters. The van der Waals surface area contributed by atoms with E-state index in [0.29, 0.717) is 19.1 Å². The van der Waals surface area contributed by atoms with Crippen molar-refractivity contribution in [1.29, 1.82) is 0 Å². The van der Waals surface area contributed by atoms with E-state index in [1.807, 2.05) is 25.1 Å². The maximum atomic E-state index is 11.7. The van der Waals surface area contributed by atoms with Crippen LogP contribution in [-0.2, 0) is 11.3 Å². The van der Waals surface area contributed by atoms with Crippen molar-refractivity contribution in [2.75, 3.05) is 19.7 Å². The monoisotopic (exact) mass is 289 g/mol. The average Bonchev–Trinajstić information content (AvgIpc) is 2.99. The first-order valence-electron chi connectivity index (χ1n) is 7.82. The molecule has 2 atom stereocenters. The largest absolute Gasteiger partial charge is 0.494 e. The average molecular weight is 289 g/mol. The van der Waals surface area contributed by atoms with Crippen molar-refractivity contribution in [1.82, 2.24) is 4.90 Å². The van der Waals surface area contributed by atoms with E-state index in [4.69, 9.17) is 4.74 Å². The summed E-state index contributed by atoms with van der Waals surface area (Å²) in [5.41, 5.74) is 0.653. The van der Waals surface area contributed by atoms with Gasteiger partial charge in [0.25, 0.3) is 0 Å². The highest BCUT2D eigenvalue weighted by molar-refractivity contribution is 5.76. The summed E-state index contributed by atoms with van der Waals surface area (Å²) in [5.74, 6) is 0.626. The number of aliphatic carboxylic acids is 1. The fourth-order valence-corrected chi connectivity index (χ4v) is 4.04.